The van der Waals surface area contributed by atoms with Crippen molar-refractivity contribution in [3.05, 3.63) is 107 Å². The second-order valence-corrected chi connectivity index (χ2v) is 20.9. The average Bonchev–Trinajstić information content (AvgIpc) is 3.82. The molecule has 0 bridgehead atoms. The Bertz CT molecular complexity index is 1870. The Morgan fingerprint density at radius 1 is 0.507 bits per heavy atom. The number of aliphatic carboxylic acids is 1. The molecule has 4 nitrogen and oxygen atoms in total. The van der Waals surface area contributed by atoms with Crippen LogP contribution in [0.4, 0.5) is 17.1 Å². The maximum absolute atomic E-state index is 11.4. The van der Waals surface area contributed by atoms with Crippen molar-refractivity contribution < 1.29 is 9.90 Å². The zero-order chi connectivity index (χ0) is 47.7. The first-order valence-corrected chi connectivity index (χ1v) is 28.2. The second kappa shape index (κ2) is 34.2. The van der Waals surface area contributed by atoms with Crippen molar-refractivity contribution in [3.63, 3.8) is 0 Å². The van der Waals surface area contributed by atoms with Crippen LogP contribution in [-0.4, -0.2) is 11.1 Å². The summed E-state index contributed by atoms with van der Waals surface area (Å²) in [5.41, 5.74) is 6.99. The van der Waals surface area contributed by atoms with E-state index in [0.29, 0.717) is 11.8 Å². The summed E-state index contributed by atoms with van der Waals surface area (Å²) < 4.78 is 0. The van der Waals surface area contributed by atoms with Gasteiger partial charge in [-0.15, -0.1) is 11.3 Å². The summed E-state index contributed by atoms with van der Waals surface area (Å²) in [5.74, 6) is -0.142. The van der Waals surface area contributed by atoms with E-state index >= 15 is 0 Å². The lowest BCUT2D eigenvalue weighted by Crippen LogP contribution is -2.10. The molecule has 0 saturated heterocycles. The number of carbonyl (C=O) groups is 1. The topological polar surface area (TPSA) is 64.3 Å². The number of carboxylic acids is 1. The third-order valence-corrected chi connectivity index (χ3v) is 15.2. The van der Waals surface area contributed by atoms with Gasteiger partial charge in [0.1, 0.15) is 11.6 Å². The van der Waals surface area contributed by atoms with Crippen molar-refractivity contribution in [1.82, 2.24) is 0 Å². The molecule has 0 amide bonds. The van der Waals surface area contributed by atoms with Gasteiger partial charge < -0.3 is 10.0 Å². The normalized spacial score (nSPS) is 12.6. The van der Waals surface area contributed by atoms with Crippen LogP contribution >= 0.6 is 11.3 Å². The molecule has 4 rings (SSSR count). The van der Waals surface area contributed by atoms with Gasteiger partial charge in [-0.1, -0.05) is 244 Å². The first-order chi connectivity index (χ1) is 32.8. The molecule has 3 aromatic carbocycles. The van der Waals surface area contributed by atoms with Gasteiger partial charge in [0.25, 0.3) is 0 Å². The lowest BCUT2D eigenvalue weighted by atomic mass is 9.93. The number of benzene rings is 3. The van der Waals surface area contributed by atoms with E-state index in [0.717, 1.165) is 32.4 Å². The fourth-order valence-electron chi connectivity index (χ4n) is 9.62. The van der Waals surface area contributed by atoms with E-state index in [1.54, 1.807) is 6.07 Å². The minimum atomic E-state index is -1.21. The number of hydrogen-bond donors (Lipinski definition) is 1. The van der Waals surface area contributed by atoms with E-state index in [1.165, 1.54) is 221 Å². The predicted octanol–water partition coefficient (Wildman–Crippen LogP) is 20.8. The maximum atomic E-state index is 11.4. The van der Waals surface area contributed by atoms with Crippen molar-refractivity contribution in [1.29, 1.82) is 5.26 Å². The largest absolute Gasteiger partial charge is 0.477 e. The summed E-state index contributed by atoms with van der Waals surface area (Å²) in [6.07, 6.45) is 42.9. The second-order valence-electron chi connectivity index (χ2n) is 19.8. The Hall–Kier alpha value is -4.14. The highest BCUT2D eigenvalue weighted by atomic mass is 32.1. The van der Waals surface area contributed by atoms with Crippen molar-refractivity contribution in [3.8, 4) is 16.5 Å². The Morgan fingerprint density at radius 2 is 0.836 bits per heavy atom. The van der Waals surface area contributed by atoms with Crippen molar-refractivity contribution >= 4 is 40.4 Å². The minimum Gasteiger partial charge on any atom is -0.477 e. The number of unbranched alkanes of at least 4 members (excludes halogenated alkanes) is 26. The van der Waals surface area contributed by atoms with Gasteiger partial charge in [0.15, 0.2) is 0 Å². The quantitative estimate of drug-likeness (QED) is 0.0276. The first kappa shape index (κ1) is 55.5. The van der Waals surface area contributed by atoms with Crippen molar-refractivity contribution in [2.24, 2.45) is 0 Å². The zero-order valence-electron chi connectivity index (χ0n) is 42.7. The molecular weight excluding hydrogens is 837 g/mol. The van der Waals surface area contributed by atoms with Crippen LogP contribution < -0.4 is 4.90 Å². The van der Waals surface area contributed by atoms with Gasteiger partial charge in [-0.3, -0.25) is 0 Å². The summed E-state index contributed by atoms with van der Waals surface area (Å²) in [6, 6.07) is 32.9. The van der Waals surface area contributed by atoms with Crippen LogP contribution in [0, 0.1) is 11.3 Å². The molecule has 1 aromatic heterocycles. The van der Waals surface area contributed by atoms with Crippen LogP contribution in [0.1, 0.15) is 248 Å². The zero-order valence-corrected chi connectivity index (χ0v) is 43.5. The van der Waals surface area contributed by atoms with Gasteiger partial charge in [0.05, 0.1) is 0 Å². The van der Waals surface area contributed by atoms with Gasteiger partial charge in [0.2, 0.25) is 0 Å². The molecule has 5 heteroatoms. The van der Waals surface area contributed by atoms with E-state index in [1.807, 2.05) is 12.1 Å². The average molecular weight is 927 g/mol. The van der Waals surface area contributed by atoms with Crippen molar-refractivity contribution in [2.75, 3.05) is 4.90 Å². The highest BCUT2D eigenvalue weighted by molar-refractivity contribution is 7.16. The van der Waals surface area contributed by atoms with Crippen LogP contribution in [0.25, 0.3) is 16.5 Å². The SMILES string of the molecule is CCCCCCCCCCCCCCCCC(C)c1ccc(N(c2ccc(-c3ccc(C=C(C#N)C(=O)O)s3)cc2)c2ccc(C(C)CCCCCCCCCCCCCCCC)cc2)cc1. The molecule has 2 unspecified atom stereocenters. The third-order valence-electron chi connectivity index (χ3n) is 14.1. The summed E-state index contributed by atoms with van der Waals surface area (Å²) in [5, 5.41) is 18.6. The van der Waals surface area contributed by atoms with Gasteiger partial charge in [-0.2, -0.15) is 5.26 Å². The van der Waals surface area contributed by atoms with E-state index in [-0.39, 0.29) is 5.57 Å². The number of carboxylic acid groups (broad SMARTS) is 1. The highest BCUT2D eigenvalue weighted by Crippen LogP contribution is 2.39. The molecule has 366 valence electrons. The Labute approximate surface area is 413 Å². The maximum Gasteiger partial charge on any atom is 0.346 e. The summed E-state index contributed by atoms with van der Waals surface area (Å²) in [7, 11) is 0. The van der Waals surface area contributed by atoms with E-state index in [4.69, 9.17) is 0 Å². The number of rotatable bonds is 38. The summed E-state index contributed by atoms with van der Waals surface area (Å²) >= 11 is 1.49. The molecule has 0 spiro atoms. The molecule has 0 aliphatic carbocycles. The molecule has 1 N–H and O–H groups in total. The number of anilines is 3. The number of hydrogen-bond acceptors (Lipinski definition) is 4. The number of thiophene rings is 1. The molecule has 0 fully saturated rings. The summed E-state index contributed by atoms with van der Waals surface area (Å²) in [6.45, 7) is 9.37. The molecule has 0 aliphatic heterocycles. The Balaban J connectivity index is 1.31. The van der Waals surface area contributed by atoms with E-state index in [9.17, 15) is 15.2 Å². The monoisotopic (exact) mass is 927 g/mol. The smallest absolute Gasteiger partial charge is 0.346 e. The molecular formula is C62H90N2O2S. The molecule has 1 heterocycles. The molecule has 0 radical (unpaired) electrons. The lowest BCUT2D eigenvalue weighted by Gasteiger charge is -2.27. The molecule has 0 saturated carbocycles. The molecule has 2 atom stereocenters. The van der Waals surface area contributed by atoms with E-state index < -0.39 is 5.97 Å². The molecule has 4 aromatic rings. The van der Waals surface area contributed by atoms with E-state index in [2.05, 4.69) is 105 Å². The number of nitrogens with zero attached hydrogens (tertiary/aromatic N) is 2. The lowest BCUT2D eigenvalue weighted by molar-refractivity contribution is -0.132. The highest BCUT2D eigenvalue weighted by Gasteiger charge is 2.16. The minimum absolute atomic E-state index is 0.259. The molecule has 67 heavy (non-hydrogen) atoms. The third kappa shape index (κ3) is 21.8. The van der Waals surface area contributed by atoms with Crippen molar-refractivity contribution in [2.45, 2.75) is 232 Å². The van der Waals surface area contributed by atoms with Gasteiger partial charge in [0, 0.05) is 26.8 Å². The van der Waals surface area contributed by atoms with Crippen LogP contribution in [0.5, 0.6) is 0 Å². The first-order valence-electron chi connectivity index (χ1n) is 27.4. The number of nitriles is 1. The van der Waals surface area contributed by atoms with Gasteiger partial charge in [-0.05, 0) is 96.0 Å². The fraction of sp³-hybridized carbons (Fsp3) is 0.581. The van der Waals surface area contributed by atoms with Gasteiger partial charge in [-0.25, -0.2) is 4.79 Å². The van der Waals surface area contributed by atoms with Crippen LogP contribution in [0.2, 0.25) is 0 Å². The Morgan fingerprint density at radius 3 is 1.16 bits per heavy atom. The Kier molecular flexibility index (Phi) is 28.3. The van der Waals surface area contributed by atoms with Crippen LogP contribution in [0.3, 0.4) is 0 Å². The molecule has 0 aliphatic rings. The predicted molar refractivity (Wildman–Crippen MR) is 292 cm³/mol. The fourth-order valence-corrected chi connectivity index (χ4v) is 10.6. The van der Waals surface area contributed by atoms with Crippen LogP contribution in [-0.2, 0) is 4.79 Å². The van der Waals surface area contributed by atoms with Crippen LogP contribution in [0.15, 0.2) is 90.5 Å². The van der Waals surface area contributed by atoms with Gasteiger partial charge >= 0.3 is 5.97 Å². The summed E-state index contributed by atoms with van der Waals surface area (Å²) in [4.78, 5) is 15.6. The standard InChI is InChI=1S/C62H90N2O2S/c1-5-7-9-11-13-15-17-19-21-23-25-27-29-31-33-51(3)53-35-41-57(42-36-53)64(59-45-39-55(40-46-59)61-48-47-60(67-61)49-56(50-63)62(65)66)58-43-37-54(38-44-58)52(4)34-32-30-28-26-24-22-20-18-16-14-12-10-8-6-2/h35-49,51-52H,5-34H2,1-4H3,(H,65,66).